The zero-order chi connectivity index (χ0) is 33.6. The van der Waals surface area contributed by atoms with E-state index in [0.717, 1.165) is 33.6 Å². The summed E-state index contributed by atoms with van der Waals surface area (Å²) in [5, 5.41) is 3.29. The minimum absolute atomic E-state index is 0.115. The molecule has 1 amide bonds. The van der Waals surface area contributed by atoms with Gasteiger partial charge in [-0.25, -0.2) is 14.6 Å². The number of hydrogen-bond donors (Lipinski definition) is 1. The van der Waals surface area contributed by atoms with Crippen LogP contribution < -0.4 is 10.1 Å². The summed E-state index contributed by atoms with van der Waals surface area (Å²) in [4.78, 5) is 42.3. The predicted octanol–water partition coefficient (Wildman–Crippen LogP) is 8.22. The number of amides is 1. The molecule has 0 aliphatic heterocycles. The van der Waals surface area contributed by atoms with Crippen LogP contribution in [0.5, 0.6) is 5.75 Å². The van der Waals surface area contributed by atoms with E-state index in [0.29, 0.717) is 11.4 Å². The molecule has 0 bridgehead atoms. The molecular formula is C38H42N2O6S. The first-order chi connectivity index (χ1) is 22.8. The Kier molecular flexibility index (Phi) is 13.3. The first-order valence-electron chi connectivity index (χ1n) is 16.1. The van der Waals surface area contributed by atoms with Crippen LogP contribution in [0.25, 0.3) is 27.8 Å². The fraction of sp³-hybridized carbons (Fsp3) is 0.316. The molecule has 0 saturated carbocycles. The first kappa shape index (κ1) is 35.1. The number of ether oxygens (including phenoxy) is 3. The highest BCUT2D eigenvalue weighted by atomic mass is 32.1. The highest BCUT2D eigenvalue weighted by Gasteiger charge is 2.20. The SMILES string of the molecule is CCCCCc1ccc(C(C)NC(=O)/C=C/c2ccc(-c3sc(C(=O)OCC)nc3-c3ccc(OCC(=O)OCC)cc3)cc2)cc1. The minimum Gasteiger partial charge on any atom is -0.482 e. The molecule has 9 heteroatoms. The van der Waals surface area contributed by atoms with Crippen LogP contribution in [0, 0.1) is 0 Å². The standard InChI is InChI=1S/C38H42N2O6S/c1-5-8-9-10-27-11-16-29(17-12-27)26(4)39-33(41)24-15-28-13-18-31(19-14-28)36-35(40-37(47-36)38(43)45-7-3)30-20-22-32(23-21-30)46-25-34(42)44-6-2/h11-24,26H,5-10,25H2,1-4H3,(H,39,41)/b24-15+. The number of rotatable bonds is 16. The molecule has 3 aromatic carbocycles. The van der Waals surface area contributed by atoms with E-state index in [1.54, 1.807) is 32.1 Å². The van der Waals surface area contributed by atoms with Crippen LogP contribution in [0.3, 0.4) is 0 Å². The molecule has 0 saturated heterocycles. The van der Waals surface area contributed by atoms with E-state index in [2.05, 4.69) is 41.5 Å². The Morgan fingerprint density at radius 3 is 2.19 bits per heavy atom. The third-order valence-electron chi connectivity index (χ3n) is 7.37. The molecule has 47 heavy (non-hydrogen) atoms. The number of thiazole rings is 1. The van der Waals surface area contributed by atoms with E-state index in [4.69, 9.17) is 14.2 Å². The van der Waals surface area contributed by atoms with Crippen molar-refractivity contribution >= 4 is 35.3 Å². The molecule has 0 aliphatic rings. The highest BCUT2D eigenvalue weighted by Crippen LogP contribution is 2.38. The molecule has 4 aromatic rings. The fourth-order valence-electron chi connectivity index (χ4n) is 4.86. The van der Waals surface area contributed by atoms with Gasteiger partial charge in [0.2, 0.25) is 10.9 Å². The third-order valence-corrected chi connectivity index (χ3v) is 8.46. The summed E-state index contributed by atoms with van der Waals surface area (Å²) in [7, 11) is 0. The van der Waals surface area contributed by atoms with Crippen molar-refractivity contribution in [1.29, 1.82) is 0 Å². The maximum atomic E-state index is 12.7. The lowest BCUT2D eigenvalue weighted by Gasteiger charge is -2.13. The molecular weight excluding hydrogens is 612 g/mol. The van der Waals surface area contributed by atoms with Gasteiger partial charge in [0, 0.05) is 11.6 Å². The maximum Gasteiger partial charge on any atom is 0.367 e. The number of benzene rings is 3. The van der Waals surface area contributed by atoms with Crippen molar-refractivity contribution in [2.75, 3.05) is 19.8 Å². The van der Waals surface area contributed by atoms with E-state index < -0.39 is 11.9 Å². The average Bonchev–Trinajstić information content (AvgIpc) is 3.53. The molecule has 0 fully saturated rings. The molecule has 1 aromatic heterocycles. The number of carbonyl (C=O) groups excluding carboxylic acids is 3. The summed E-state index contributed by atoms with van der Waals surface area (Å²) in [6, 6.07) is 23.2. The Labute approximate surface area is 280 Å². The van der Waals surface area contributed by atoms with Crippen molar-refractivity contribution in [1.82, 2.24) is 10.3 Å². The number of aromatic nitrogens is 1. The summed E-state index contributed by atoms with van der Waals surface area (Å²) >= 11 is 1.25. The van der Waals surface area contributed by atoms with Crippen LogP contribution in [0.4, 0.5) is 0 Å². The minimum atomic E-state index is -0.484. The van der Waals surface area contributed by atoms with Gasteiger partial charge in [0.05, 0.1) is 29.8 Å². The van der Waals surface area contributed by atoms with Crippen molar-refractivity contribution in [3.05, 3.63) is 101 Å². The summed E-state index contributed by atoms with van der Waals surface area (Å²) in [6.45, 7) is 8.03. The van der Waals surface area contributed by atoms with Crippen LogP contribution in [0.15, 0.2) is 78.9 Å². The van der Waals surface area contributed by atoms with Crippen LogP contribution in [0.2, 0.25) is 0 Å². The van der Waals surface area contributed by atoms with E-state index in [1.807, 2.05) is 43.3 Å². The van der Waals surface area contributed by atoms with Crippen molar-refractivity contribution < 1.29 is 28.6 Å². The molecule has 4 rings (SSSR count). The van der Waals surface area contributed by atoms with Crippen molar-refractivity contribution in [3.8, 4) is 27.4 Å². The lowest BCUT2D eigenvalue weighted by Crippen LogP contribution is -2.24. The largest absolute Gasteiger partial charge is 0.482 e. The Balaban J connectivity index is 1.44. The normalized spacial score (nSPS) is 11.7. The maximum absolute atomic E-state index is 12.7. The quantitative estimate of drug-likeness (QED) is 0.0738. The number of hydrogen-bond acceptors (Lipinski definition) is 8. The zero-order valence-corrected chi connectivity index (χ0v) is 28.2. The van der Waals surface area contributed by atoms with E-state index >= 15 is 0 Å². The van der Waals surface area contributed by atoms with Gasteiger partial charge in [0.15, 0.2) is 6.61 Å². The number of esters is 2. The number of carbonyl (C=O) groups is 3. The Bertz CT molecular complexity index is 1640. The van der Waals surface area contributed by atoms with E-state index in [1.165, 1.54) is 42.2 Å². The van der Waals surface area contributed by atoms with Crippen LogP contribution in [0.1, 0.15) is 79.5 Å². The number of nitrogens with one attached hydrogen (secondary N) is 1. The molecule has 0 aliphatic carbocycles. The Morgan fingerprint density at radius 2 is 1.53 bits per heavy atom. The molecule has 0 radical (unpaired) electrons. The molecule has 1 N–H and O–H groups in total. The van der Waals surface area contributed by atoms with Crippen molar-refractivity contribution in [2.24, 2.45) is 0 Å². The van der Waals surface area contributed by atoms with Crippen LogP contribution >= 0.6 is 11.3 Å². The highest BCUT2D eigenvalue weighted by molar-refractivity contribution is 7.17. The summed E-state index contributed by atoms with van der Waals surface area (Å²) < 4.78 is 15.6. The monoisotopic (exact) mass is 654 g/mol. The molecule has 1 atom stereocenters. The van der Waals surface area contributed by atoms with E-state index in [9.17, 15) is 14.4 Å². The summed E-state index contributed by atoms with van der Waals surface area (Å²) in [6.07, 6.45) is 8.02. The second-order valence-corrected chi connectivity index (χ2v) is 11.9. The number of aryl methyl sites for hydroxylation is 1. The molecule has 0 spiro atoms. The smallest absolute Gasteiger partial charge is 0.367 e. The van der Waals surface area contributed by atoms with Gasteiger partial charge in [-0.1, -0.05) is 68.3 Å². The molecule has 1 heterocycles. The molecule has 246 valence electrons. The third kappa shape index (κ3) is 10.4. The lowest BCUT2D eigenvalue weighted by atomic mass is 10.0. The zero-order valence-electron chi connectivity index (χ0n) is 27.4. The van der Waals surface area contributed by atoms with Crippen LogP contribution in [-0.2, 0) is 25.5 Å². The van der Waals surface area contributed by atoms with Gasteiger partial charge in [0.25, 0.3) is 0 Å². The molecule has 8 nitrogen and oxygen atoms in total. The van der Waals surface area contributed by atoms with Gasteiger partial charge in [-0.2, -0.15) is 0 Å². The second kappa shape index (κ2) is 17.8. The predicted molar refractivity (Wildman–Crippen MR) is 186 cm³/mol. The van der Waals surface area contributed by atoms with Crippen molar-refractivity contribution in [3.63, 3.8) is 0 Å². The second-order valence-electron chi connectivity index (χ2n) is 10.9. The van der Waals surface area contributed by atoms with E-state index in [-0.39, 0.29) is 36.8 Å². The first-order valence-corrected chi connectivity index (χ1v) is 16.9. The number of nitrogens with zero attached hydrogens (tertiary/aromatic N) is 1. The topological polar surface area (TPSA) is 104 Å². The Morgan fingerprint density at radius 1 is 0.851 bits per heavy atom. The van der Waals surface area contributed by atoms with Gasteiger partial charge >= 0.3 is 11.9 Å². The molecule has 1 unspecified atom stereocenters. The van der Waals surface area contributed by atoms with Gasteiger partial charge < -0.3 is 19.5 Å². The lowest BCUT2D eigenvalue weighted by molar-refractivity contribution is -0.145. The fourth-order valence-corrected chi connectivity index (χ4v) is 5.85. The number of unbranched alkanes of at least 4 members (excludes halogenated alkanes) is 2. The van der Waals surface area contributed by atoms with Gasteiger partial charge in [-0.05, 0) is 86.2 Å². The van der Waals surface area contributed by atoms with Crippen LogP contribution in [-0.4, -0.2) is 42.7 Å². The average molecular weight is 655 g/mol. The van der Waals surface area contributed by atoms with Gasteiger partial charge in [0.1, 0.15) is 5.75 Å². The summed E-state index contributed by atoms with van der Waals surface area (Å²) in [5.41, 5.74) is 5.51. The summed E-state index contributed by atoms with van der Waals surface area (Å²) in [5.74, 6) is -0.590. The van der Waals surface area contributed by atoms with Gasteiger partial charge in [-0.15, -0.1) is 11.3 Å². The van der Waals surface area contributed by atoms with Crippen molar-refractivity contribution in [2.45, 2.75) is 59.4 Å². The Hall–Kier alpha value is -4.76. The van der Waals surface area contributed by atoms with Gasteiger partial charge in [-0.3, -0.25) is 4.79 Å².